The van der Waals surface area contributed by atoms with Gasteiger partial charge in [0.05, 0.1) is 11.4 Å². The molecule has 0 bridgehead atoms. The number of nitrogens with one attached hydrogen (secondary N) is 1. The number of hydrogen-bond acceptors (Lipinski definition) is 3. The molecular weight excluding hydrogens is 238 g/mol. The van der Waals surface area contributed by atoms with Crippen molar-refractivity contribution >= 4 is 33.0 Å². The molecule has 2 nitrogen and oxygen atoms in total. The third-order valence-corrected chi connectivity index (χ3v) is 3.38. The number of aryl methyl sites for hydroxylation is 1. The van der Waals surface area contributed by atoms with Gasteiger partial charge in [-0.3, -0.25) is 4.79 Å². The number of halogens is 1. The van der Waals surface area contributed by atoms with Gasteiger partial charge in [-0.05, 0) is 36.0 Å². The predicted octanol–water partition coefficient (Wildman–Crippen LogP) is 2.22. The van der Waals surface area contributed by atoms with Gasteiger partial charge in [-0.25, -0.2) is 0 Å². The van der Waals surface area contributed by atoms with Crippen molar-refractivity contribution in [3.05, 3.63) is 20.3 Å². The third kappa shape index (κ3) is 2.15. The van der Waals surface area contributed by atoms with Crippen molar-refractivity contribution < 1.29 is 4.79 Å². The maximum absolute atomic E-state index is 11.4. The van der Waals surface area contributed by atoms with Crippen LogP contribution in [0.4, 0.5) is 0 Å². The Labute approximate surface area is 84.1 Å². The highest BCUT2D eigenvalue weighted by Gasteiger charge is 2.11. The van der Waals surface area contributed by atoms with Gasteiger partial charge in [-0.1, -0.05) is 0 Å². The van der Waals surface area contributed by atoms with Crippen LogP contribution >= 0.6 is 27.3 Å². The summed E-state index contributed by atoms with van der Waals surface area (Å²) in [5.74, 6) is 0.141. The fourth-order valence-electron chi connectivity index (χ4n) is 0.914. The summed E-state index contributed by atoms with van der Waals surface area (Å²) in [6.45, 7) is 2.39. The number of Topliss-reactive ketones (excluding diaryl/α,β-unsaturated/α-hetero) is 1. The summed E-state index contributed by atoms with van der Waals surface area (Å²) < 4.78 is 0.908. The van der Waals surface area contributed by atoms with E-state index in [9.17, 15) is 4.79 Å². The summed E-state index contributed by atoms with van der Waals surface area (Å²) in [6, 6.07) is 1.97. The van der Waals surface area contributed by atoms with Crippen LogP contribution in [0.15, 0.2) is 10.5 Å². The van der Waals surface area contributed by atoms with Crippen LogP contribution in [-0.2, 0) is 0 Å². The average Bonchev–Trinajstić information content (AvgIpc) is 2.30. The molecule has 1 N–H and O–H groups in total. The van der Waals surface area contributed by atoms with E-state index < -0.39 is 0 Å². The van der Waals surface area contributed by atoms with Crippen molar-refractivity contribution in [2.45, 2.75) is 6.92 Å². The van der Waals surface area contributed by atoms with Crippen molar-refractivity contribution in [1.82, 2.24) is 5.32 Å². The number of ketones is 1. The Morgan fingerprint density at radius 1 is 1.75 bits per heavy atom. The van der Waals surface area contributed by atoms with Crippen molar-refractivity contribution in [1.29, 1.82) is 0 Å². The Morgan fingerprint density at radius 3 is 2.83 bits per heavy atom. The minimum Gasteiger partial charge on any atom is -0.313 e. The topological polar surface area (TPSA) is 29.1 Å². The molecule has 12 heavy (non-hydrogen) atoms. The van der Waals surface area contributed by atoms with E-state index in [1.165, 1.54) is 11.3 Å². The Morgan fingerprint density at radius 2 is 2.42 bits per heavy atom. The number of hydrogen-bond donors (Lipinski definition) is 1. The maximum Gasteiger partial charge on any atom is 0.187 e. The molecule has 0 aromatic carbocycles. The zero-order valence-electron chi connectivity index (χ0n) is 6.98. The number of carbonyl (C=O) groups excluding carboxylic acids is 1. The fraction of sp³-hybridized carbons (Fsp3) is 0.375. The molecule has 0 unspecified atom stereocenters. The van der Waals surface area contributed by atoms with Crippen LogP contribution in [0.3, 0.4) is 0 Å². The maximum atomic E-state index is 11.4. The first-order chi connectivity index (χ1) is 5.65. The lowest BCUT2D eigenvalue weighted by atomic mass is 10.3. The van der Waals surface area contributed by atoms with Crippen LogP contribution in [0.25, 0.3) is 0 Å². The Kier molecular flexibility index (Phi) is 3.43. The lowest BCUT2D eigenvalue weighted by Gasteiger charge is -1.95. The lowest BCUT2D eigenvalue weighted by Crippen LogP contribution is -2.17. The number of carbonyl (C=O) groups is 1. The molecule has 1 rings (SSSR count). The van der Waals surface area contributed by atoms with Gasteiger partial charge in [0, 0.05) is 9.35 Å². The van der Waals surface area contributed by atoms with Gasteiger partial charge in [-0.15, -0.1) is 11.3 Å². The molecule has 0 saturated carbocycles. The minimum atomic E-state index is 0.141. The third-order valence-electron chi connectivity index (χ3n) is 1.40. The van der Waals surface area contributed by atoms with Crippen molar-refractivity contribution in [3.8, 4) is 0 Å². The molecule has 0 amide bonds. The summed E-state index contributed by atoms with van der Waals surface area (Å²) in [6.07, 6.45) is 0. The second kappa shape index (κ2) is 4.16. The first-order valence-corrected chi connectivity index (χ1v) is 5.20. The van der Waals surface area contributed by atoms with Crippen LogP contribution in [0.1, 0.15) is 14.5 Å². The lowest BCUT2D eigenvalue weighted by molar-refractivity contribution is 0.0997. The monoisotopic (exact) mass is 247 g/mol. The van der Waals surface area contributed by atoms with Crippen molar-refractivity contribution in [3.63, 3.8) is 0 Å². The van der Waals surface area contributed by atoms with E-state index in [0.717, 1.165) is 14.2 Å². The smallest absolute Gasteiger partial charge is 0.187 e. The van der Waals surface area contributed by atoms with Crippen molar-refractivity contribution in [2.24, 2.45) is 0 Å². The largest absolute Gasteiger partial charge is 0.313 e. The van der Waals surface area contributed by atoms with Gasteiger partial charge in [0.1, 0.15) is 0 Å². The molecule has 4 heteroatoms. The zero-order valence-corrected chi connectivity index (χ0v) is 9.38. The van der Waals surface area contributed by atoms with Crippen LogP contribution in [0, 0.1) is 6.92 Å². The van der Waals surface area contributed by atoms with Gasteiger partial charge < -0.3 is 5.32 Å². The summed E-state index contributed by atoms with van der Waals surface area (Å²) in [5.41, 5.74) is 0. The molecule has 1 aromatic rings. The molecular formula is C8H10BrNOS. The predicted molar refractivity (Wildman–Crippen MR) is 55.0 cm³/mol. The molecule has 0 spiro atoms. The molecule has 0 aliphatic rings. The molecule has 0 atom stereocenters. The molecule has 0 aliphatic carbocycles. The number of likely N-dealkylation sites (N-methyl/N-ethyl adjacent to an activating group) is 1. The highest BCUT2D eigenvalue weighted by atomic mass is 79.9. The summed E-state index contributed by atoms with van der Waals surface area (Å²) >= 11 is 4.88. The van der Waals surface area contributed by atoms with E-state index in [2.05, 4.69) is 21.2 Å². The normalized spacial score (nSPS) is 10.2. The number of rotatable bonds is 3. The van der Waals surface area contributed by atoms with E-state index in [1.54, 1.807) is 7.05 Å². The Balaban J connectivity index is 2.87. The standard InChI is InChI=1S/C8H10BrNOS/c1-5-3-6(9)8(12-5)7(11)4-10-2/h3,10H,4H2,1-2H3. The van der Waals surface area contributed by atoms with E-state index in [1.807, 2.05) is 13.0 Å². The van der Waals surface area contributed by atoms with Gasteiger partial charge in [0.2, 0.25) is 0 Å². The van der Waals surface area contributed by atoms with E-state index >= 15 is 0 Å². The summed E-state index contributed by atoms with van der Waals surface area (Å²) in [4.78, 5) is 13.4. The minimum absolute atomic E-state index is 0.141. The van der Waals surface area contributed by atoms with Crippen molar-refractivity contribution in [2.75, 3.05) is 13.6 Å². The quantitative estimate of drug-likeness (QED) is 0.831. The number of thiophene rings is 1. The van der Waals surface area contributed by atoms with Gasteiger partial charge in [0.25, 0.3) is 0 Å². The first kappa shape index (κ1) is 9.89. The van der Waals surface area contributed by atoms with Gasteiger partial charge >= 0.3 is 0 Å². The Bertz CT molecular complexity index is 295. The van der Waals surface area contributed by atoms with Crippen LogP contribution in [0.5, 0.6) is 0 Å². The average molecular weight is 248 g/mol. The van der Waals surface area contributed by atoms with Crippen LogP contribution in [0.2, 0.25) is 0 Å². The van der Waals surface area contributed by atoms with E-state index in [0.29, 0.717) is 6.54 Å². The molecule has 0 aliphatic heterocycles. The van der Waals surface area contributed by atoms with E-state index in [-0.39, 0.29) is 5.78 Å². The Hall–Kier alpha value is -0.190. The highest BCUT2D eigenvalue weighted by Crippen LogP contribution is 2.26. The summed E-state index contributed by atoms with van der Waals surface area (Å²) in [5, 5.41) is 2.84. The molecule has 0 saturated heterocycles. The SMILES string of the molecule is CNCC(=O)c1sc(C)cc1Br. The van der Waals surface area contributed by atoms with E-state index in [4.69, 9.17) is 0 Å². The molecule has 0 fully saturated rings. The fourth-order valence-corrected chi connectivity index (χ4v) is 2.71. The molecule has 1 aromatic heterocycles. The molecule has 66 valence electrons. The van der Waals surface area contributed by atoms with Gasteiger partial charge in [0.15, 0.2) is 5.78 Å². The van der Waals surface area contributed by atoms with Gasteiger partial charge in [-0.2, -0.15) is 0 Å². The first-order valence-electron chi connectivity index (χ1n) is 3.59. The van der Waals surface area contributed by atoms with Crippen LogP contribution < -0.4 is 5.32 Å². The second-order valence-corrected chi connectivity index (χ2v) is 4.60. The molecule has 1 heterocycles. The second-order valence-electron chi connectivity index (χ2n) is 2.49. The highest BCUT2D eigenvalue weighted by molar-refractivity contribution is 9.10. The summed E-state index contributed by atoms with van der Waals surface area (Å²) in [7, 11) is 1.77. The van der Waals surface area contributed by atoms with Crippen LogP contribution in [-0.4, -0.2) is 19.4 Å². The molecule has 0 radical (unpaired) electrons. The zero-order chi connectivity index (χ0) is 9.14.